The predicted molar refractivity (Wildman–Crippen MR) is 83.3 cm³/mol. The molecule has 3 heterocycles. The molecule has 23 heavy (non-hydrogen) atoms. The van der Waals surface area contributed by atoms with Crippen molar-refractivity contribution in [3.63, 3.8) is 0 Å². The molecule has 7 nitrogen and oxygen atoms in total. The van der Waals surface area contributed by atoms with E-state index in [9.17, 15) is 10.1 Å². The maximum absolute atomic E-state index is 10.8. The number of nitro groups is 1. The minimum absolute atomic E-state index is 0.158. The van der Waals surface area contributed by atoms with Gasteiger partial charge in [0.2, 0.25) is 0 Å². The third-order valence-electron chi connectivity index (χ3n) is 4.52. The van der Waals surface area contributed by atoms with Gasteiger partial charge in [-0.3, -0.25) is 9.47 Å². The standard InChI is InChI=1S/C16H18N4O3/c1-16(11-19-9-14(20(21)22)17-15(19)23-16)10-18-7-6-12-4-2-3-5-13(12)8-18/h2-5,9H,6-8,10-11H2,1H3/t16-/m0/s1. The Morgan fingerprint density at radius 1 is 1.39 bits per heavy atom. The fraction of sp³-hybridized carbons (Fsp3) is 0.438. The summed E-state index contributed by atoms with van der Waals surface area (Å²) in [4.78, 5) is 16.6. The van der Waals surface area contributed by atoms with E-state index in [1.807, 2.05) is 6.92 Å². The number of rotatable bonds is 3. The smallest absolute Gasteiger partial charge is 0.415 e. The molecule has 0 amide bonds. The van der Waals surface area contributed by atoms with Crippen molar-refractivity contribution < 1.29 is 9.66 Å². The second kappa shape index (κ2) is 5.06. The van der Waals surface area contributed by atoms with Gasteiger partial charge in [-0.15, -0.1) is 0 Å². The van der Waals surface area contributed by atoms with E-state index < -0.39 is 10.5 Å². The molecule has 0 bridgehead atoms. The van der Waals surface area contributed by atoms with Gasteiger partial charge in [-0.1, -0.05) is 24.3 Å². The molecular weight excluding hydrogens is 296 g/mol. The first-order valence-corrected chi connectivity index (χ1v) is 7.72. The third-order valence-corrected chi connectivity index (χ3v) is 4.52. The Hall–Kier alpha value is -2.41. The fourth-order valence-electron chi connectivity index (χ4n) is 3.53. The van der Waals surface area contributed by atoms with E-state index in [4.69, 9.17) is 4.74 Å². The predicted octanol–water partition coefficient (Wildman–Crippen LogP) is 2.00. The summed E-state index contributed by atoms with van der Waals surface area (Å²) in [5.41, 5.74) is 2.39. The number of benzene rings is 1. The second-order valence-corrected chi connectivity index (χ2v) is 6.55. The van der Waals surface area contributed by atoms with Crippen molar-refractivity contribution in [1.82, 2.24) is 14.5 Å². The van der Waals surface area contributed by atoms with E-state index in [1.54, 1.807) is 4.57 Å². The minimum Gasteiger partial charge on any atom is -0.436 e. The Bertz CT molecular complexity index is 747. The van der Waals surface area contributed by atoms with Crippen LogP contribution in [-0.2, 0) is 19.5 Å². The number of hydrogen-bond donors (Lipinski definition) is 0. The summed E-state index contributed by atoms with van der Waals surface area (Å²) in [5, 5.41) is 10.8. The van der Waals surface area contributed by atoms with Crippen LogP contribution in [0.1, 0.15) is 18.1 Å². The highest BCUT2D eigenvalue weighted by Gasteiger charge is 2.41. The molecule has 0 aliphatic carbocycles. The van der Waals surface area contributed by atoms with Gasteiger partial charge in [0.05, 0.1) is 6.54 Å². The Labute approximate surface area is 133 Å². The van der Waals surface area contributed by atoms with Crippen molar-refractivity contribution in [3.8, 4) is 6.01 Å². The van der Waals surface area contributed by atoms with Crippen LogP contribution in [0.15, 0.2) is 30.5 Å². The SMILES string of the molecule is C[C@]1(CN2CCc3ccccc3C2)Cn2cc([N+](=O)[O-])nc2O1. The largest absolute Gasteiger partial charge is 0.436 e. The summed E-state index contributed by atoms with van der Waals surface area (Å²) < 4.78 is 7.65. The molecule has 1 atom stereocenters. The summed E-state index contributed by atoms with van der Waals surface area (Å²) in [5.74, 6) is -0.158. The number of fused-ring (bicyclic) bond motifs is 2. The van der Waals surface area contributed by atoms with Crippen LogP contribution in [0.5, 0.6) is 6.01 Å². The first kappa shape index (κ1) is 14.2. The number of ether oxygens (including phenoxy) is 1. The van der Waals surface area contributed by atoms with Crippen LogP contribution >= 0.6 is 0 Å². The lowest BCUT2D eigenvalue weighted by molar-refractivity contribution is -0.389. The number of imidazole rings is 1. The van der Waals surface area contributed by atoms with Crippen LogP contribution < -0.4 is 4.74 Å². The van der Waals surface area contributed by atoms with Gasteiger partial charge >= 0.3 is 11.8 Å². The van der Waals surface area contributed by atoms with Crippen molar-refractivity contribution in [2.45, 2.75) is 32.0 Å². The number of hydrogen-bond acceptors (Lipinski definition) is 5. The first-order chi connectivity index (χ1) is 11.0. The average molecular weight is 314 g/mol. The Balaban J connectivity index is 1.46. The Morgan fingerprint density at radius 2 is 2.17 bits per heavy atom. The zero-order valence-electron chi connectivity index (χ0n) is 12.9. The van der Waals surface area contributed by atoms with E-state index in [1.165, 1.54) is 17.3 Å². The minimum atomic E-state index is -0.492. The molecule has 7 heteroatoms. The molecule has 2 aliphatic rings. The summed E-state index contributed by atoms with van der Waals surface area (Å²) in [6.45, 7) is 5.31. The van der Waals surface area contributed by atoms with Crippen LogP contribution in [0.2, 0.25) is 0 Å². The monoisotopic (exact) mass is 314 g/mol. The average Bonchev–Trinajstić information content (AvgIpc) is 3.02. The van der Waals surface area contributed by atoms with Gasteiger partial charge in [0.25, 0.3) is 0 Å². The summed E-state index contributed by atoms with van der Waals surface area (Å²) >= 11 is 0. The van der Waals surface area contributed by atoms with Crippen molar-refractivity contribution in [3.05, 3.63) is 51.7 Å². The molecule has 0 saturated carbocycles. The highest BCUT2D eigenvalue weighted by molar-refractivity contribution is 5.29. The molecule has 120 valence electrons. The molecule has 0 spiro atoms. The topological polar surface area (TPSA) is 73.4 Å². The van der Waals surface area contributed by atoms with Crippen LogP contribution in [0.4, 0.5) is 5.82 Å². The molecule has 1 aromatic carbocycles. The summed E-state index contributed by atoms with van der Waals surface area (Å²) in [6, 6.07) is 8.87. The molecular formula is C16H18N4O3. The van der Waals surface area contributed by atoms with Gasteiger partial charge in [-0.2, -0.15) is 0 Å². The maximum atomic E-state index is 10.8. The number of nitrogens with zero attached hydrogens (tertiary/aromatic N) is 4. The second-order valence-electron chi connectivity index (χ2n) is 6.55. The molecule has 0 saturated heterocycles. The maximum Gasteiger partial charge on any atom is 0.415 e. The lowest BCUT2D eigenvalue weighted by Crippen LogP contribution is -2.46. The lowest BCUT2D eigenvalue weighted by atomic mass is 9.98. The van der Waals surface area contributed by atoms with E-state index in [0.717, 1.165) is 26.1 Å². The van der Waals surface area contributed by atoms with Crippen molar-refractivity contribution in [1.29, 1.82) is 0 Å². The Morgan fingerprint density at radius 3 is 2.91 bits per heavy atom. The molecule has 1 aromatic heterocycles. The van der Waals surface area contributed by atoms with E-state index in [-0.39, 0.29) is 5.82 Å². The van der Waals surface area contributed by atoms with Crippen molar-refractivity contribution in [2.24, 2.45) is 0 Å². The molecule has 0 radical (unpaired) electrons. The van der Waals surface area contributed by atoms with Crippen molar-refractivity contribution >= 4 is 5.82 Å². The van der Waals surface area contributed by atoms with Gasteiger partial charge in [0, 0.05) is 24.6 Å². The molecule has 0 fully saturated rings. The highest BCUT2D eigenvalue weighted by atomic mass is 16.6. The quantitative estimate of drug-likeness (QED) is 0.640. The Kier molecular flexibility index (Phi) is 3.12. The summed E-state index contributed by atoms with van der Waals surface area (Å²) in [6.07, 6.45) is 2.49. The molecule has 2 aromatic rings. The van der Waals surface area contributed by atoms with Crippen LogP contribution in [0.25, 0.3) is 0 Å². The zero-order valence-corrected chi connectivity index (χ0v) is 12.9. The molecule has 0 unspecified atom stereocenters. The van der Waals surface area contributed by atoms with Crippen LogP contribution in [0, 0.1) is 10.1 Å². The van der Waals surface area contributed by atoms with Gasteiger partial charge in [0.15, 0.2) is 0 Å². The van der Waals surface area contributed by atoms with Crippen molar-refractivity contribution in [2.75, 3.05) is 13.1 Å². The molecule has 2 aliphatic heterocycles. The molecule has 0 N–H and O–H groups in total. The van der Waals surface area contributed by atoms with E-state index in [2.05, 4.69) is 34.1 Å². The van der Waals surface area contributed by atoms with Crippen LogP contribution in [0.3, 0.4) is 0 Å². The first-order valence-electron chi connectivity index (χ1n) is 7.72. The fourth-order valence-corrected chi connectivity index (χ4v) is 3.53. The van der Waals surface area contributed by atoms with Gasteiger partial charge in [-0.05, 0) is 29.4 Å². The summed E-state index contributed by atoms with van der Waals surface area (Å²) in [7, 11) is 0. The number of aromatic nitrogens is 2. The third kappa shape index (κ3) is 2.57. The van der Waals surface area contributed by atoms with E-state index in [0.29, 0.717) is 12.6 Å². The van der Waals surface area contributed by atoms with E-state index >= 15 is 0 Å². The lowest BCUT2D eigenvalue weighted by Gasteiger charge is -2.34. The van der Waals surface area contributed by atoms with Gasteiger partial charge in [0.1, 0.15) is 11.8 Å². The van der Waals surface area contributed by atoms with Crippen LogP contribution in [-0.4, -0.2) is 38.1 Å². The zero-order chi connectivity index (χ0) is 16.0. The normalized spacial score (nSPS) is 23.2. The van der Waals surface area contributed by atoms with Gasteiger partial charge in [-0.25, -0.2) is 0 Å². The molecule has 4 rings (SSSR count). The van der Waals surface area contributed by atoms with Gasteiger partial charge < -0.3 is 14.9 Å². The highest BCUT2D eigenvalue weighted by Crippen LogP contribution is 2.32.